The zero-order chi connectivity index (χ0) is 10.8. The monoisotopic (exact) mass is 202 g/mol. The molecule has 0 unspecified atom stereocenters. The number of nitrogens with two attached hydrogens (primary N) is 1. The molecular weight excluding hydrogens is 188 g/mol. The van der Waals surface area contributed by atoms with Gasteiger partial charge in [0.05, 0.1) is 6.20 Å². The summed E-state index contributed by atoms with van der Waals surface area (Å²) in [7, 11) is 0. The van der Waals surface area contributed by atoms with Crippen LogP contribution in [0.3, 0.4) is 0 Å². The minimum atomic E-state index is 0.555. The summed E-state index contributed by atoms with van der Waals surface area (Å²) in [5, 5.41) is 0. The van der Waals surface area contributed by atoms with E-state index in [0.717, 1.165) is 22.8 Å². The van der Waals surface area contributed by atoms with Crippen molar-refractivity contribution in [3.63, 3.8) is 0 Å². The van der Waals surface area contributed by atoms with Crippen molar-refractivity contribution in [1.29, 1.82) is 0 Å². The Kier molecular flexibility index (Phi) is 2.51. The predicted octanol–water partition coefficient (Wildman–Crippen LogP) is 1.34. The molecule has 0 atom stereocenters. The van der Waals surface area contributed by atoms with Crippen LogP contribution in [0.5, 0.6) is 0 Å². The van der Waals surface area contributed by atoms with Gasteiger partial charge in [-0.05, 0) is 25.5 Å². The fraction of sp³-hybridized carbons (Fsp3) is 0.273. The smallest absolute Gasteiger partial charge is 0.155 e. The zero-order valence-corrected chi connectivity index (χ0v) is 8.94. The van der Waals surface area contributed by atoms with E-state index >= 15 is 0 Å². The van der Waals surface area contributed by atoms with Crippen LogP contribution in [0, 0.1) is 13.8 Å². The van der Waals surface area contributed by atoms with Gasteiger partial charge < -0.3 is 10.3 Å². The Hall–Kier alpha value is -1.68. The quantitative estimate of drug-likeness (QED) is 0.799. The molecule has 2 aromatic heterocycles. The van der Waals surface area contributed by atoms with Gasteiger partial charge in [0.25, 0.3) is 0 Å². The maximum absolute atomic E-state index is 5.66. The van der Waals surface area contributed by atoms with Gasteiger partial charge in [-0.3, -0.25) is 4.98 Å². The van der Waals surface area contributed by atoms with E-state index in [-0.39, 0.29) is 0 Å². The summed E-state index contributed by atoms with van der Waals surface area (Å²) < 4.78 is 2.06. The normalized spacial score (nSPS) is 10.6. The third-order valence-corrected chi connectivity index (χ3v) is 2.53. The molecule has 2 N–H and O–H groups in total. The molecular formula is C11H14N4. The van der Waals surface area contributed by atoms with Crippen LogP contribution >= 0.6 is 0 Å². The summed E-state index contributed by atoms with van der Waals surface area (Å²) >= 11 is 0. The van der Waals surface area contributed by atoms with Gasteiger partial charge >= 0.3 is 0 Å². The molecule has 0 saturated carbocycles. The minimum Gasteiger partial charge on any atom is -0.326 e. The Balaban J connectivity index is 2.58. The van der Waals surface area contributed by atoms with Crippen LogP contribution in [0.4, 0.5) is 0 Å². The van der Waals surface area contributed by atoms with Crippen molar-refractivity contribution in [1.82, 2.24) is 14.5 Å². The van der Waals surface area contributed by atoms with Gasteiger partial charge in [-0.25, -0.2) is 4.98 Å². The van der Waals surface area contributed by atoms with Crippen molar-refractivity contribution in [2.45, 2.75) is 20.4 Å². The van der Waals surface area contributed by atoms with Gasteiger partial charge in [0, 0.05) is 30.3 Å². The first-order valence-electron chi connectivity index (χ1n) is 4.88. The molecule has 2 rings (SSSR count). The van der Waals surface area contributed by atoms with E-state index in [4.69, 9.17) is 5.73 Å². The summed E-state index contributed by atoms with van der Waals surface area (Å²) in [6, 6.07) is 2.09. The van der Waals surface area contributed by atoms with Crippen LogP contribution in [0.25, 0.3) is 5.82 Å². The highest BCUT2D eigenvalue weighted by atomic mass is 15.1. The molecule has 0 bridgehead atoms. The fourth-order valence-electron chi connectivity index (χ4n) is 1.80. The summed E-state index contributed by atoms with van der Waals surface area (Å²) in [4.78, 5) is 8.34. The van der Waals surface area contributed by atoms with Crippen LogP contribution in [0.2, 0.25) is 0 Å². The Labute approximate surface area is 88.8 Å². The third kappa shape index (κ3) is 1.64. The third-order valence-electron chi connectivity index (χ3n) is 2.53. The Bertz CT molecular complexity index is 459. The summed E-state index contributed by atoms with van der Waals surface area (Å²) in [5.41, 5.74) is 9.08. The fourth-order valence-corrected chi connectivity index (χ4v) is 1.80. The van der Waals surface area contributed by atoms with Gasteiger partial charge in [-0.2, -0.15) is 0 Å². The van der Waals surface area contributed by atoms with Crippen molar-refractivity contribution in [3.05, 3.63) is 41.6 Å². The lowest BCUT2D eigenvalue weighted by Gasteiger charge is -2.07. The van der Waals surface area contributed by atoms with Crippen molar-refractivity contribution in [2.24, 2.45) is 5.73 Å². The van der Waals surface area contributed by atoms with Gasteiger partial charge in [0.15, 0.2) is 5.82 Å². The van der Waals surface area contributed by atoms with E-state index in [9.17, 15) is 0 Å². The molecule has 2 aromatic rings. The molecule has 15 heavy (non-hydrogen) atoms. The summed E-state index contributed by atoms with van der Waals surface area (Å²) in [6.07, 6.45) is 5.11. The first-order valence-corrected chi connectivity index (χ1v) is 4.88. The van der Waals surface area contributed by atoms with E-state index in [1.54, 1.807) is 18.6 Å². The average Bonchev–Trinajstić information content (AvgIpc) is 2.55. The lowest BCUT2D eigenvalue weighted by atomic mass is 10.2. The van der Waals surface area contributed by atoms with E-state index in [1.807, 2.05) is 13.8 Å². The largest absolute Gasteiger partial charge is 0.326 e. The molecule has 0 saturated heterocycles. The number of rotatable bonds is 2. The van der Waals surface area contributed by atoms with Crippen molar-refractivity contribution < 1.29 is 0 Å². The van der Waals surface area contributed by atoms with Crippen molar-refractivity contribution in [2.75, 3.05) is 0 Å². The van der Waals surface area contributed by atoms with Crippen LogP contribution in [-0.4, -0.2) is 14.5 Å². The highest BCUT2D eigenvalue weighted by molar-refractivity contribution is 5.35. The molecule has 4 heteroatoms. The molecule has 0 aliphatic carbocycles. The zero-order valence-electron chi connectivity index (χ0n) is 8.94. The average molecular weight is 202 g/mol. The molecule has 0 aliphatic heterocycles. The molecule has 0 spiro atoms. The molecule has 2 heterocycles. The van der Waals surface area contributed by atoms with Crippen LogP contribution in [-0.2, 0) is 6.54 Å². The van der Waals surface area contributed by atoms with Gasteiger partial charge in [0.2, 0.25) is 0 Å². The maximum atomic E-state index is 5.66. The van der Waals surface area contributed by atoms with Crippen LogP contribution < -0.4 is 5.73 Å². The van der Waals surface area contributed by atoms with Crippen molar-refractivity contribution >= 4 is 0 Å². The standard InChI is InChI=1S/C11H14N4/c1-8-5-10(6-12)9(2)15(8)11-7-13-3-4-14-11/h3-5,7H,6,12H2,1-2H3. The van der Waals surface area contributed by atoms with Crippen molar-refractivity contribution in [3.8, 4) is 5.82 Å². The Morgan fingerprint density at radius 1 is 1.33 bits per heavy atom. The van der Waals surface area contributed by atoms with Crippen LogP contribution in [0.15, 0.2) is 24.7 Å². The first kappa shape index (κ1) is 9.86. The van der Waals surface area contributed by atoms with E-state index < -0.39 is 0 Å². The second kappa shape index (κ2) is 3.82. The molecule has 0 fully saturated rings. The highest BCUT2D eigenvalue weighted by Gasteiger charge is 2.09. The number of hydrogen-bond acceptors (Lipinski definition) is 3. The van der Waals surface area contributed by atoms with Gasteiger partial charge in [0.1, 0.15) is 0 Å². The lowest BCUT2D eigenvalue weighted by molar-refractivity contribution is 0.896. The first-order chi connectivity index (χ1) is 7.24. The number of hydrogen-bond donors (Lipinski definition) is 1. The Morgan fingerprint density at radius 2 is 2.13 bits per heavy atom. The molecule has 78 valence electrons. The summed E-state index contributed by atoms with van der Waals surface area (Å²) in [5.74, 6) is 0.840. The predicted molar refractivity (Wildman–Crippen MR) is 58.7 cm³/mol. The van der Waals surface area contributed by atoms with E-state index in [1.165, 1.54) is 0 Å². The molecule has 0 amide bonds. The highest BCUT2D eigenvalue weighted by Crippen LogP contribution is 2.18. The molecule has 0 radical (unpaired) electrons. The lowest BCUT2D eigenvalue weighted by Crippen LogP contribution is -2.03. The SMILES string of the molecule is Cc1cc(CN)c(C)n1-c1cnccn1. The maximum Gasteiger partial charge on any atom is 0.155 e. The number of aryl methyl sites for hydroxylation is 1. The van der Waals surface area contributed by atoms with E-state index in [2.05, 4.69) is 20.6 Å². The number of nitrogens with zero attached hydrogens (tertiary/aromatic N) is 3. The summed E-state index contributed by atoms with van der Waals surface area (Å²) in [6.45, 7) is 4.64. The second-order valence-corrected chi connectivity index (χ2v) is 3.50. The molecule has 0 aliphatic rings. The van der Waals surface area contributed by atoms with E-state index in [0.29, 0.717) is 6.54 Å². The Morgan fingerprint density at radius 3 is 2.67 bits per heavy atom. The number of aromatic nitrogens is 3. The minimum absolute atomic E-state index is 0.555. The molecule has 0 aromatic carbocycles. The van der Waals surface area contributed by atoms with Gasteiger partial charge in [-0.1, -0.05) is 0 Å². The second-order valence-electron chi connectivity index (χ2n) is 3.50. The topological polar surface area (TPSA) is 56.7 Å². The van der Waals surface area contributed by atoms with Crippen LogP contribution in [0.1, 0.15) is 17.0 Å². The molecule has 4 nitrogen and oxygen atoms in total. The van der Waals surface area contributed by atoms with Gasteiger partial charge in [-0.15, -0.1) is 0 Å².